The van der Waals surface area contributed by atoms with Crippen LogP contribution in [0.4, 0.5) is 35.4 Å². The number of fused-ring (bicyclic) bond motifs is 1. The Morgan fingerprint density at radius 2 is 1.63 bits per heavy atom. The molecule has 0 fully saturated rings. The normalized spacial score (nSPS) is 11.8. The molecule has 0 spiro atoms. The predicted octanol–water partition coefficient (Wildman–Crippen LogP) is 4.13. The molecule has 0 saturated heterocycles. The Kier molecular flexibility index (Phi) is 11.4. The summed E-state index contributed by atoms with van der Waals surface area (Å²) in [5, 5.41) is 14.3. The number of benzene rings is 1. The van der Waals surface area contributed by atoms with Gasteiger partial charge in [-0.1, -0.05) is 36.2 Å². The molecule has 0 bridgehead atoms. The van der Waals surface area contributed by atoms with Crippen molar-refractivity contribution in [1.29, 1.82) is 0 Å². The third kappa shape index (κ3) is 8.35. The van der Waals surface area contributed by atoms with Gasteiger partial charge in [-0.05, 0) is 24.3 Å². The second-order valence-corrected chi connectivity index (χ2v) is 14.4. The third-order valence-electron chi connectivity index (χ3n) is 6.47. The molecule has 4 N–H and O–H groups in total. The third-order valence-corrected chi connectivity index (χ3v) is 10.2. The van der Waals surface area contributed by atoms with Gasteiger partial charge < -0.3 is 15.2 Å². The van der Waals surface area contributed by atoms with Crippen molar-refractivity contribution in [2.75, 3.05) is 31.0 Å². The number of carbonyl (C=O) groups excluding carboxylic acids is 1. The summed E-state index contributed by atoms with van der Waals surface area (Å²) in [6.45, 7) is 1.35. The fourth-order valence-electron chi connectivity index (χ4n) is 4.10. The average molecular weight is 812 g/mol. The maximum Gasteiger partial charge on any atom is 0.416 e. The lowest BCUT2D eigenvalue weighted by Gasteiger charge is -2.12. The van der Waals surface area contributed by atoms with Gasteiger partial charge in [-0.2, -0.15) is 36.7 Å². The first-order valence-electron chi connectivity index (χ1n) is 13.8. The predicted molar refractivity (Wildman–Crippen MR) is 177 cm³/mol. The van der Waals surface area contributed by atoms with E-state index in [0.717, 1.165) is 15.3 Å². The number of amides is 2. The van der Waals surface area contributed by atoms with Crippen molar-refractivity contribution in [2.24, 2.45) is 0 Å². The number of methoxy groups -OCH3 is 2. The summed E-state index contributed by atoms with van der Waals surface area (Å²) in [6, 6.07) is 5.87. The van der Waals surface area contributed by atoms with Gasteiger partial charge in [0.15, 0.2) is 19.9 Å². The second-order valence-electron chi connectivity index (χ2n) is 9.76. The monoisotopic (exact) mass is 810 g/mol. The summed E-state index contributed by atoms with van der Waals surface area (Å²) in [5.41, 5.74) is 3.86. The van der Waals surface area contributed by atoms with Crippen LogP contribution in [0, 0.1) is 10.1 Å². The Balaban J connectivity index is 0.000000251. The van der Waals surface area contributed by atoms with Crippen LogP contribution >= 0.6 is 23.2 Å². The largest absolute Gasteiger partial charge is 0.481 e. The summed E-state index contributed by atoms with van der Waals surface area (Å²) in [6.07, 6.45) is -2.47. The quantitative estimate of drug-likeness (QED) is 0.140. The molecule has 4 heterocycles. The van der Waals surface area contributed by atoms with Gasteiger partial charge in [0.25, 0.3) is 10.0 Å². The van der Waals surface area contributed by atoms with Crippen molar-refractivity contribution in [1.82, 2.24) is 33.9 Å². The van der Waals surface area contributed by atoms with Crippen LogP contribution in [0.1, 0.15) is 12.5 Å². The van der Waals surface area contributed by atoms with E-state index < -0.39 is 64.1 Å². The summed E-state index contributed by atoms with van der Waals surface area (Å²) >= 11 is 11.5. The summed E-state index contributed by atoms with van der Waals surface area (Å²) in [4.78, 5) is 33.9. The van der Waals surface area contributed by atoms with Crippen LogP contribution in [-0.4, -0.2) is 76.9 Å². The molecular weight excluding hydrogens is 788 g/mol. The van der Waals surface area contributed by atoms with E-state index in [-0.39, 0.29) is 44.8 Å². The first kappa shape index (κ1) is 39.3. The van der Waals surface area contributed by atoms with Crippen LogP contribution in [0.15, 0.2) is 58.8 Å². The van der Waals surface area contributed by atoms with Crippen molar-refractivity contribution in [3.05, 3.63) is 74.5 Å². The van der Waals surface area contributed by atoms with Gasteiger partial charge in [0.2, 0.25) is 23.5 Å². The number of nitrogens with one attached hydrogen (secondary N) is 2. The molecule has 0 aliphatic rings. The van der Waals surface area contributed by atoms with Crippen LogP contribution in [0.3, 0.4) is 0 Å². The number of nitrogens with zero attached hydrogens (tertiary/aromatic N) is 7. The number of hydrogen-bond donors (Lipinski definition) is 3. The van der Waals surface area contributed by atoms with Gasteiger partial charge in [-0.3, -0.25) is 19.8 Å². The molecule has 278 valence electrons. The van der Waals surface area contributed by atoms with Crippen LogP contribution in [0.5, 0.6) is 11.8 Å². The zero-order valence-corrected chi connectivity index (χ0v) is 29.6. The van der Waals surface area contributed by atoms with E-state index in [1.807, 2.05) is 0 Å². The molecule has 2 amide bonds. The van der Waals surface area contributed by atoms with Crippen molar-refractivity contribution in [2.45, 2.75) is 23.2 Å². The minimum atomic E-state index is -4.68. The molecule has 0 atom stereocenters. The highest BCUT2D eigenvalue weighted by Crippen LogP contribution is 2.39. The number of nitrogens with two attached hydrogens (primary N) is 1. The lowest BCUT2D eigenvalue weighted by atomic mass is 10.2. The molecule has 0 aliphatic heterocycles. The van der Waals surface area contributed by atoms with Gasteiger partial charge in [-0.25, -0.2) is 27.6 Å². The molecule has 0 saturated carbocycles. The highest BCUT2D eigenvalue weighted by atomic mass is 35.5. The van der Waals surface area contributed by atoms with Crippen LogP contribution < -0.4 is 25.2 Å². The molecule has 0 aliphatic carbocycles. The molecule has 0 radical (unpaired) electrons. The number of nitro groups is 1. The lowest BCUT2D eigenvalue weighted by Crippen LogP contribution is -2.36. The van der Waals surface area contributed by atoms with E-state index in [9.17, 15) is 44.9 Å². The molecule has 5 aromatic rings. The molecule has 0 unspecified atom stereocenters. The van der Waals surface area contributed by atoms with E-state index in [0.29, 0.717) is 12.1 Å². The number of nitrogen functional groups attached to an aromatic ring is 1. The number of anilines is 2. The number of alkyl halides is 3. The molecule has 52 heavy (non-hydrogen) atoms. The van der Waals surface area contributed by atoms with Crippen molar-refractivity contribution >= 4 is 72.2 Å². The number of carbonyl (C=O) groups is 1. The average Bonchev–Trinajstić information content (AvgIpc) is 3.66. The van der Waals surface area contributed by atoms with Crippen LogP contribution in [-0.2, 0) is 26.0 Å². The SMILES string of the molecule is CCS(=O)(=O)c1nc2ccccn2c1S(=O)(=O)NC(=O)Nc1nc(OC)cc(OC)n1.Nc1c([N+](=O)[O-])cnn1-c1c(Cl)cc(C(F)(F)F)cc1Cl. The molecule has 26 heteroatoms. The summed E-state index contributed by atoms with van der Waals surface area (Å²) < 4.78 is 102. The second kappa shape index (κ2) is 15.0. The van der Waals surface area contributed by atoms with Crippen molar-refractivity contribution < 1.29 is 49.2 Å². The standard InChI is InChI=1S/C16H18N6O7S2.C10H5Cl2F3N4O2/c1-4-30(24,25)13-14(22-8-6-5-7-10(22)17-13)31(26,27)21-16(23)20-15-18-11(28-2)9-12(19-15)29-3;11-5-1-4(10(13,14)15)2-6(12)8(5)18-9(16)7(3-17-18)19(20)21/h5-9H,4H2,1-3H3,(H2,18,19,20,21,23);1-3H,16H2. The molecule has 5 rings (SSSR count). The maximum atomic E-state index is 13.0. The maximum absolute atomic E-state index is 13.0. The lowest BCUT2D eigenvalue weighted by molar-refractivity contribution is -0.383. The van der Waals surface area contributed by atoms with Crippen LogP contribution in [0.2, 0.25) is 10.0 Å². The Morgan fingerprint density at radius 1 is 1.04 bits per heavy atom. The molecule has 1 aromatic carbocycles. The number of rotatable bonds is 9. The summed E-state index contributed by atoms with van der Waals surface area (Å²) in [5.74, 6) is -0.971. The Bertz CT molecular complexity index is 2360. The highest BCUT2D eigenvalue weighted by molar-refractivity contribution is 7.93. The van der Waals surface area contributed by atoms with E-state index in [4.69, 9.17) is 38.4 Å². The van der Waals surface area contributed by atoms with Crippen molar-refractivity contribution in [3.63, 3.8) is 0 Å². The first-order chi connectivity index (χ1) is 24.2. The number of pyridine rings is 1. The Hall–Kier alpha value is -5.46. The number of ether oxygens (including phenoxy) is 2. The van der Waals surface area contributed by atoms with Crippen LogP contribution in [0.25, 0.3) is 11.3 Å². The number of halogens is 5. The highest BCUT2D eigenvalue weighted by Gasteiger charge is 2.34. The van der Waals surface area contributed by atoms with Gasteiger partial charge >= 0.3 is 17.9 Å². The summed E-state index contributed by atoms with van der Waals surface area (Å²) in [7, 11) is -6.04. The Morgan fingerprint density at radius 3 is 2.13 bits per heavy atom. The number of urea groups is 1. The number of hydrogen-bond acceptors (Lipinski definition) is 14. The van der Waals surface area contributed by atoms with E-state index in [1.165, 1.54) is 45.5 Å². The number of imidazole rings is 1. The zero-order valence-electron chi connectivity index (χ0n) is 26.4. The topological polar surface area (TPSA) is 258 Å². The minimum Gasteiger partial charge on any atom is -0.481 e. The van der Waals surface area contributed by atoms with Gasteiger partial charge in [-0.15, -0.1) is 0 Å². The fourth-order valence-corrected chi connectivity index (χ4v) is 7.41. The first-order valence-corrected chi connectivity index (χ1v) is 17.7. The number of sulfone groups is 1. The number of aromatic nitrogens is 6. The van der Waals surface area contributed by atoms with Gasteiger partial charge in [0, 0.05) is 6.20 Å². The van der Waals surface area contributed by atoms with Crippen molar-refractivity contribution in [3.8, 4) is 17.4 Å². The molecule has 19 nitrogen and oxygen atoms in total. The fraction of sp³-hybridized carbons (Fsp3) is 0.192. The smallest absolute Gasteiger partial charge is 0.416 e. The zero-order chi connectivity index (χ0) is 38.8. The van der Waals surface area contributed by atoms with E-state index in [1.54, 1.807) is 10.8 Å². The number of sulfonamides is 1. The Labute approximate surface area is 300 Å². The van der Waals surface area contributed by atoms with E-state index in [2.05, 4.69) is 25.4 Å². The minimum absolute atomic E-state index is 0.0584. The van der Waals surface area contributed by atoms with E-state index >= 15 is 0 Å². The van der Waals surface area contributed by atoms with Gasteiger partial charge in [0.05, 0.1) is 46.6 Å². The molecule has 4 aromatic heterocycles. The molecular formula is C26H23Cl2F3N10O9S2. The van der Waals surface area contributed by atoms with Gasteiger partial charge in [0.1, 0.15) is 17.5 Å².